The Morgan fingerprint density at radius 2 is 2.05 bits per heavy atom. The van der Waals surface area contributed by atoms with Crippen LogP contribution in [0.15, 0.2) is 39.4 Å². The molecule has 3 nitrogen and oxygen atoms in total. The van der Waals surface area contributed by atoms with Crippen molar-refractivity contribution < 1.29 is 22.7 Å². The Kier molecular flexibility index (Phi) is 5.35. The van der Waals surface area contributed by atoms with Gasteiger partial charge in [0.25, 0.3) is 0 Å². The Balaban J connectivity index is 3.05. The zero-order chi connectivity index (χ0) is 15.5. The summed E-state index contributed by atoms with van der Waals surface area (Å²) in [4.78, 5) is 3.38. The highest BCUT2D eigenvalue weighted by Gasteiger charge is 2.36. The number of hydrogen-bond acceptors (Lipinski definition) is 3. The molecule has 1 unspecified atom stereocenters. The van der Waals surface area contributed by atoms with E-state index in [1.165, 1.54) is 13.1 Å². The van der Waals surface area contributed by atoms with Gasteiger partial charge in [-0.1, -0.05) is 11.6 Å². The van der Waals surface area contributed by atoms with Gasteiger partial charge >= 0.3 is 6.18 Å². The molecular formula is C12H13ClF4N2O. The van der Waals surface area contributed by atoms with Gasteiger partial charge in [-0.05, 0) is 25.5 Å². The van der Waals surface area contributed by atoms with Gasteiger partial charge in [0.15, 0.2) is 5.70 Å². The van der Waals surface area contributed by atoms with Gasteiger partial charge in [-0.25, -0.2) is 9.38 Å². The fourth-order valence-corrected chi connectivity index (χ4v) is 1.71. The molecule has 0 amide bonds. The smallest absolute Gasteiger partial charge is 0.392 e. The highest BCUT2D eigenvalue weighted by atomic mass is 35.5. The van der Waals surface area contributed by atoms with Gasteiger partial charge in [0.05, 0.1) is 6.61 Å². The van der Waals surface area contributed by atoms with E-state index in [0.717, 1.165) is 13.0 Å². The van der Waals surface area contributed by atoms with Crippen molar-refractivity contribution in [3.8, 4) is 0 Å². The molecule has 1 heterocycles. The number of allylic oxidation sites excluding steroid dienone is 2. The Morgan fingerprint density at radius 1 is 1.45 bits per heavy atom. The highest BCUT2D eigenvalue weighted by Crippen LogP contribution is 2.31. The van der Waals surface area contributed by atoms with Crippen molar-refractivity contribution in [1.82, 2.24) is 5.32 Å². The number of aliphatic hydroxyl groups excluding tert-OH is 1. The third kappa shape index (κ3) is 4.08. The summed E-state index contributed by atoms with van der Waals surface area (Å²) in [6.07, 6.45) is -2.35. The highest BCUT2D eigenvalue weighted by molar-refractivity contribution is 6.29. The van der Waals surface area contributed by atoms with Gasteiger partial charge < -0.3 is 10.4 Å². The number of dihydropyridines is 1. The minimum atomic E-state index is -4.71. The van der Waals surface area contributed by atoms with E-state index in [9.17, 15) is 17.6 Å². The van der Waals surface area contributed by atoms with Crippen LogP contribution in [0.3, 0.4) is 0 Å². The number of aliphatic hydroxyl groups is 1. The summed E-state index contributed by atoms with van der Waals surface area (Å²) in [5.74, 6) is -0.730. The summed E-state index contributed by atoms with van der Waals surface area (Å²) < 4.78 is 51.8. The van der Waals surface area contributed by atoms with Crippen molar-refractivity contribution >= 4 is 17.3 Å². The monoisotopic (exact) mass is 312 g/mol. The van der Waals surface area contributed by atoms with E-state index in [1.807, 2.05) is 0 Å². The zero-order valence-electron chi connectivity index (χ0n) is 10.7. The standard InChI is InChI=1S/C12H13ClF4N2O/c1-6(13)11(12(15,16)17)19-7(2)10-9(14)3-8(5-20)4-18-10/h3-4,10,18,20H,5H2,1-2H3/b11-6+,19-7?. The van der Waals surface area contributed by atoms with E-state index >= 15 is 0 Å². The summed E-state index contributed by atoms with van der Waals surface area (Å²) in [7, 11) is 0. The number of alkyl halides is 3. The summed E-state index contributed by atoms with van der Waals surface area (Å²) in [6.45, 7) is 1.94. The predicted octanol–water partition coefficient (Wildman–Crippen LogP) is 3.18. The lowest BCUT2D eigenvalue weighted by Crippen LogP contribution is -2.35. The van der Waals surface area contributed by atoms with E-state index in [4.69, 9.17) is 16.7 Å². The van der Waals surface area contributed by atoms with Crippen LogP contribution in [0.5, 0.6) is 0 Å². The van der Waals surface area contributed by atoms with Crippen molar-refractivity contribution in [3.63, 3.8) is 0 Å². The van der Waals surface area contributed by atoms with Crippen LogP contribution < -0.4 is 5.32 Å². The molecule has 1 rings (SSSR count). The maximum absolute atomic E-state index is 13.7. The van der Waals surface area contributed by atoms with Crippen LogP contribution in [0.25, 0.3) is 0 Å². The molecular weight excluding hydrogens is 300 g/mol. The third-order valence-corrected chi connectivity index (χ3v) is 2.70. The van der Waals surface area contributed by atoms with Crippen molar-refractivity contribution in [2.24, 2.45) is 4.99 Å². The SMILES string of the molecule is CC(=N/C(=C(\C)Cl)C(F)(F)F)C1NC=C(CO)C=C1F. The first kappa shape index (κ1) is 16.7. The number of rotatable bonds is 3. The van der Waals surface area contributed by atoms with E-state index in [0.29, 0.717) is 0 Å². The molecule has 0 fully saturated rings. The molecule has 0 radical (unpaired) electrons. The zero-order valence-corrected chi connectivity index (χ0v) is 11.5. The maximum Gasteiger partial charge on any atom is 0.434 e. The van der Waals surface area contributed by atoms with Gasteiger partial charge in [0.2, 0.25) is 0 Å². The number of nitrogens with zero attached hydrogens (tertiary/aromatic N) is 1. The quantitative estimate of drug-likeness (QED) is 0.621. The van der Waals surface area contributed by atoms with Crippen LogP contribution in [-0.2, 0) is 0 Å². The first-order valence-corrected chi connectivity index (χ1v) is 5.96. The normalized spacial score (nSPS) is 21.8. The largest absolute Gasteiger partial charge is 0.434 e. The van der Waals surface area contributed by atoms with E-state index < -0.39 is 28.8 Å². The molecule has 1 atom stereocenters. The number of halogens is 5. The first-order valence-electron chi connectivity index (χ1n) is 5.58. The lowest BCUT2D eigenvalue weighted by molar-refractivity contribution is -0.0927. The number of nitrogens with one attached hydrogen (secondary N) is 1. The molecule has 0 saturated carbocycles. The van der Waals surface area contributed by atoms with Gasteiger partial charge in [-0.2, -0.15) is 13.2 Å². The second-order valence-electron chi connectivity index (χ2n) is 4.14. The Bertz CT molecular complexity index is 502. The minimum absolute atomic E-state index is 0.126. The molecule has 0 saturated heterocycles. The molecule has 1 aliphatic heterocycles. The molecule has 0 aromatic heterocycles. The number of aliphatic imine (C=N–C) groups is 1. The van der Waals surface area contributed by atoms with E-state index in [1.54, 1.807) is 0 Å². The van der Waals surface area contributed by atoms with E-state index in [2.05, 4.69) is 10.3 Å². The Labute approximate surface area is 118 Å². The van der Waals surface area contributed by atoms with Crippen molar-refractivity contribution in [1.29, 1.82) is 0 Å². The van der Waals surface area contributed by atoms with Crippen molar-refractivity contribution in [2.45, 2.75) is 26.1 Å². The predicted molar refractivity (Wildman–Crippen MR) is 69.0 cm³/mol. The van der Waals surface area contributed by atoms with Crippen LogP contribution in [-0.4, -0.2) is 29.6 Å². The summed E-state index contributed by atoms with van der Waals surface area (Å²) in [5.41, 5.74) is -1.10. The molecule has 0 aliphatic carbocycles. The van der Waals surface area contributed by atoms with Crippen LogP contribution in [0.4, 0.5) is 17.6 Å². The minimum Gasteiger partial charge on any atom is -0.392 e. The Morgan fingerprint density at radius 3 is 2.45 bits per heavy atom. The third-order valence-electron chi connectivity index (χ3n) is 2.52. The molecule has 0 bridgehead atoms. The maximum atomic E-state index is 13.7. The molecule has 2 N–H and O–H groups in total. The molecule has 1 aliphatic rings. The lowest BCUT2D eigenvalue weighted by atomic mass is 10.1. The summed E-state index contributed by atoms with van der Waals surface area (Å²) >= 11 is 5.37. The number of hydrogen-bond donors (Lipinski definition) is 2. The summed E-state index contributed by atoms with van der Waals surface area (Å²) in [5, 5.41) is 10.8. The Hall–Kier alpha value is -1.34. The molecule has 0 spiro atoms. The molecule has 0 aromatic rings. The van der Waals surface area contributed by atoms with Crippen molar-refractivity contribution in [2.75, 3.05) is 6.61 Å². The van der Waals surface area contributed by atoms with Crippen LogP contribution >= 0.6 is 11.6 Å². The van der Waals surface area contributed by atoms with Gasteiger partial charge in [-0.15, -0.1) is 0 Å². The topological polar surface area (TPSA) is 44.6 Å². The fraction of sp³-hybridized carbons (Fsp3) is 0.417. The van der Waals surface area contributed by atoms with E-state index in [-0.39, 0.29) is 17.9 Å². The second-order valence-corrected chi connectivity index (χ2v) is 4.71. The van der Waals surface area contributed by atoms with Gasteiger partial charge in [0.1, 0.15) is 11.9 Å². The lowest BCUT2D eigenvalue weighted by Gasteiger charge is -2.21. The molecule has 20 heavy (non-hydrogen) atoms. The molecule has 8 heteroatoms. The van der Waals surface area contributed by atoms with Crippen LogP contribution in [0.1, 0.15) is 13.8 Å². The second kappa shape index (κ2) is 6.41. The molecule has 112 valence electrons. The first-order chi connectivity index (χ1) is 9.16. The average molecular weight is 313 g/mol. The van der Waals surface area contributed by atoms with Gasteiger partial charge in [-0.3, -0.25) is 0 Å². The fourth-order valence-electron chi connectivity index (χ4n) is 1.56. The van der Waals surface area contributed by atoms with Crippen LogP contribution in [0, 0.1) is 0 Å². The average Bonchev–Trinajstić information content (AvgIpc) is 2.33. The van der Waals surface area contributed by atoms with Gasteiger partial charge in [0, 0.05) is 16.9 Å². The molecule has 0 aromatic carbocycles. The summed E-state index contributed by atoms with van der Waals surface area (Å²) in [6, 6.07) is -1.11. The van der Waals surface area contributed by atoms with Crippen LogP contribution in [0.2, 0.25) is 0 Å². The van der Waals surface area contributed by atoms with Crippen molar-refractivity contribution in [3.05, 3.63) is 34.4 Å².